The third-order valence-electron chi connectivity index (χ3n) is 4.29. The van der Waals surface area contributed by atoms with Crippen molar-refractivity contribution in [2.45, 2.75) is 26.4 Å². The summed E-state index contributed by atoms with van der Waals surface area (Å²) in [5.74, 6) is 1.85. The number of hydrogen-bond acceptors (Lipinski definition) is 2. The smallest absolute Gasteiger partial charge is 0.191 e. The zero-order chi connectivity index (χ0) is 18.4. The Morgan fingerprint density at radius 1 is 1.11 bits per heavy atom. The maximum Gasteiger partial charge on any atom is 0.191 e. The minimum atomic E-state index is 0. The number of guanidine groups is 1. The second-order valence-corrected chi connectivity index (χ2v) is 6.57. The van der Waals surface area contributed by atoms with E-state index >= 15 is 0 Å². The van der Waals surface area contributed by atoms with Crippen LogP contribution < -0.4 is 10.6 Å². The number of para-hydroxylation sites is 2. The van der Waals surface area contributed by atoms with Gasteiger partial charge in [-0.15, -0.1) is 24.0 Å². The molecule has 27 heavy (non-hydrogen) atoms. The van der Waals surface area contributed by atoms with Gasteiger partial charge >= 0.3 is 0 Å². The predicted molar refractivity (Wildman–Crippen MR) is 124 cm³/mol. The van der Waals surface area contributed by atoms with Gasteiger partial charge in [-0.25, -0.2) is 4.98 Å². The molecule has 0 unspecified atom stereocenters. The van der Waals surface area contributed by atoms with E-state index < -0.39 is 0 Å². The van der Waals surface area contributed by atoms with Gasteiger partial charge in [0.25, 0.3) is 0 Å². The highest BCUT2D eigenvalue weighted by Gasteiger charge is 2.06. The van der Waals surface area contributed by atoms with Gasteiger partial charge in [-0.05, 0) is 43.2 Å². The van der Waals surface area contributed by atoms with Crippen molar-refractivity contribution in [3.8, 4) is 0 Å². The number of imidazole rings is 1. The minimum Gasteiger partial charge on any atom is -0.356 e. The van der Waals surface area contributed by atoms with Crippen LogP contribution in [0.4, 0.5) is 0 Å². The molecule has 0 amide bonds. The molecule has 5 nitrogen and oxygen atoms in total. The van der Waals surface area contributed by atoms with E-state index in [2.05, 4.69) is 50.3 Å². The molecule has 7 heteroatoms. The van der Waals surface area contributed by atoms with Gasteiger partial charge in [0.15, 0.2) is 5.96 Å². The fourth-order valence-electron chi connectivity index (χ4n) is 2.93. The second-order valence-electron chi connectivity index (χ2n) is 6.13. The number of fused-ring (bicyclic) bond motifs is 1. The molecule has 0 aliphatic heterocycles. The van der Waals surface area contributed by atoms with Gasteiger partial charge in [-0.1, -0.05) is 35.9 Å². The summed E-state index contributed by atoms with van der Waals surface area (Å²) in [4.78, 5) is 8.88. The molecule has 0 saturated carbocycles. The molecule has 2 N–H and O–H groups in total. The summed E-state index contributed by atoms with van der Waals surface area (Å²) in [5, 5.41) is 7.43. The molecule has 0 fully saturated rings. The first kappa shape index (κ1) is 21.5. The van der Waals surface area contributed by atoms with Crippen LogP contribution in [-0.4, -0.2) is 29.1 Å². The Bertz CT molecular complexity index is 889. The van der Waals surface area contributed by atoms with Gasteiger partial charge in [-0.3, -0.25) is 4.99 Å². The maximum atomic E-state index is 5.91. The molecule has 3 aromatic rings. The Hall–Kier alpha value is -1.80. The van der Waals surface area contributed by atoms with E-state index in [1.807, 2.05) is 30.3 Å². The van der Waals surface area contributed by atoms with Crippen molar-refractivity contribution in [1.82, 2.24) is 20.2 Å². The first-order valence-corrected chi connectivity index (χ1v) is 9.16. The van der Waals surface area contributed by atoms with Crippen LogP contribution in [0.3, 0.4) is 0 Å². The lowest BCUT2D eigenvalue weighted by atomic mass is 10.2. The van der Waals surface area contributed by atoms with E-state index in [-0.39, 0.29) is 24.0 Å². The molecule has 0 bridgehead atoms. The molecule has 1 aromatic heterocycles. The molecular weight excluding hydrogens is 473 g/mol. The average Bonchev–Trinajstić information content (AvgIpc) is 2.98. The quantitative estimate of drug-likeness (QED) is 0.230. The van der Waals surface area contributed by atoms with Crippen LogP contribution in [0, 0.1) is 6.92 Å². The summed E-state index contributed by atoms with van der Waals surface area (Å²) in [7, 11) is 1.78. The Morgan fingerprint density at radius 3 is 2.59 bits per heavy atom. The molecule has 1 heterocycles. The fourth-order valence-corrected chi connectivity index (χ4v) is 3.06. The van der Waals surface area contributed by atoms with E-state index in [1.165, 1.54) is 5.52 Å². The monoisotopic (exact) mass is 497 g/mol. The summed E-state index contributed by atoms with van der Waals surface area (Å²) in [6.07, 6.45) is 0.989. The van der Waals surface area contributed by atoms with Crippen molar-refractivity contribution in [3.05, 3.63) is 64.9 Å². The highest BCUT2D eigenvalue weighted by atomic mass is 127. The second kappa shape index (κ2) is 10.5. The topological polar surface area (TPSA) is 54.2 Å². The van der Waals surface area contributed by atoms with E-state index in [4.69, 9.17) is 11.6 Å². The van der Waals surface area contributed by atoms with E-state index in [9.17, 15) is 0 Å². The van der Waals surface area contributed by atoms with Gasteiger partial charge < -0.3 is 15.2 Å². The Balaban J connectivity index is 0.00000261. The third-order valence-corrected chi connectivity index (χ3v) is 4.55. The van der Waals surface area contributed by atoms with Crippen LogP contribution in [0.2, 0.25) is 5.02 Å². The molecule has 144 valence electrons. The van der Waals surface area contributed by atoms with Crippen molar-refractivity contribution < 1.29 is 0 Å². The zero-order valence-corrected chi connectivity index (χ0v) is 18.7. The number of aliphatic imine (C=N–C) groups is 1. The number of nitrogens with one attached hydrogen (secondary N) is 2. The first-order valence-electron chi connectivity index (χ1n) is 8.78. The molecule has 0 atom stereocenters. The van der Waals surface area contributed by atoms with Crippen LogP contribution in [0.15, 0.2) is 53.5 Å². The summed E-state index contributed by atoms with van der Waals surface area (Å²) >= 11 is 5.91. The van der Waals surface area contributed by atoms with Crippen molar-refractivity contribution in [2.75, 3.05) is 13.6 Å². The van der Waals surface area contributed by atoms with Crippen LogP contribution >= 0.6 is 35.6 Å². The van der Waals surface area contributed by atoms with Crippen molar-refractivity contribution in [2.24, 2.45) is 4.99 Å². The van der Waals surface area contributed by atoms with Gasteiger partial charge in [0, 0.05) is 31.7 Å². The standard InChI is InChI=1S/C20H24ClN5.HI/c1-15-25-18-6-3-4-7-19(18)26(15)13-5-12-23-20(22-2)24-14-16-8-10-17(21)11-9-16;/h3-4,6-11H,5,12-14H2,1-2H3,(H2,22,23,24);1H. The average molecular weight is 498 g/mol. The summed E-state index contributed by atoms with van der Waals surface area (Å²) in [6, 6.07) is 16.1. The van der Waals surface area contributed by atoms with Crippen LogP contribution in [0.1, 0.15) is 17.8 Å². The molecule has 0 radical (unpaired) electrons. The van der Waals surface area contributed by atoms with Gasteiger partial charge in [-0.2, -0.15) is 0 Å². The van der Waals surface area contributed by atoms with Crippen LogP contribution in [0.25, 0.3) is 11.0 Å². The third kappa shape index (κ3) is 5.84. The van der Waals surface area contributed by atoms with Gasteiger partial charge in [0.05, 0.1) is 11.0 Å². The molecule has 2 aromatic carbocycles. The number of hydrogen-bond donors (Lipinski definition) is 2. The Labute approximate surface area is 182 Å². The highest BCUT2D eigenvalue weighted by Crippen LogP contribution is 2.15. The van der Waals surface area contributed by atoms with Crippen molar-refractivity contribution in [3.63, 3.8) is 0 Å². The predicted octanol–water partition coefficient (Wildman–Crippen LogP) is 4.37. The number of benzene rings is 2. The lowest BCUT2D eigenvalue weighted by molar-refractivity contribution is 0.624. The van der Waals surface area contributed by atoms with E-state index in [1.54, 1.807) is 7.05 Å². The van der Waals surface area contributed by atoms with Crippen molar-refractivity contribution >= 4 is 52.6 Å². The molecular formula is C20H25ClIN5. The largest absolute Gasteiger partial charge is 0.356 e. The molecule has 0 spiro atoms. The Morgan fingerprint density at radius 2 is 1.85 bits per heavy atom. The van der Waals surface area contributed by atoms with E-state index in [0.29, 0.717) is 6.54 Å². The first-order chi connectivity index (χ1) is 12.7. The fraction of sp³-hybridized carbons (Fsp3) is 0.300. The molecule has 3 rings (SSSR count). The summed E-state index contributed by atoms with van der Waals surface area (Å²) < 4.78 is 2.26. The van der Waals surface area contributed by atoms with Gasteiger partial charge in [0.1, 0.15) is 5.82 Å². The SMILES string of the molecule is CN=C(NCCCn1c(C)nc2ccccc21)NCc1ccc(Cl)cc1.I. The number of rotatable bonds is 6. The highest BCUT2D eigenvalue weighted by molar-refractivity contribution is 14.0. The lowest BCUT2D eigenvalue weighted by Crippen LogP contribution is -2.37. The normalized spacial score (nSPS) is 11.3. The lowest BCUT2D eigenvalue weighted by Gasteiger charge is -2.13. The number of nitrogens with zero attached hydrogens (tertiary/aromatic N) is 3. The minimum absolute atomic E-state index is 0. The van der Waals surface area contributed by atoms with E-state index in [0.717, 1.165) is 47.4 Å². The molecule has 0 aliphatic rings. The van der Waals surface area contributed by atoms with Gasteiger partial charge in [0.2, 0.25) is 0 Å². The maximum absolute atomic E-state index is 5.91. The number of aromatic nitrogens is 2. The molecule has 0 saturated heterocycles. The van der Waals surface area contributed by atoms with Crippen LogP contribution in [0.5, 0.6) is 0 Å². The number of halogens is 2. The number of aryl methyl sites for hydroxylation is 2. The zero-order valence-electron chi connectivity index (χ0n) is 15.6. The summed E-state index contributed by atoms with van der Waals surface area (Å²) in [5.41, 5.74) is 3.41. The van der Waals surface area contributed by atoms with Crippen molar-refractivity contribution in [1.29, 1.82) is 0 Å². The molecule has 0 aliphatic carbocycles. The Kier molecular flexibility index (Phi) is 8.37. The van der Waals surface area contributed by atoms with Crippen LogP contribution in [-0.2, 0) is 13.1 Å². The summed E-state index contributed by atoms with van der Waals surface area (Å²) in [6.45, 7) is 4.53.